The highest BCUT2D eigenvalue weighted by Crippen LogP contribution is 2.32. The topological polar surface area (TPSA) is 55.8 Å². The van der Waals surface area contributed by atoms with E-state index < -0.39 is 15.8 Å². The van der Waals surface area contributed by atoms with Crippen LogP contribution in [-0.4, -0.2) is 56.4 Å². The van der Waals surface area contributed by atoms with Gasteiger partial charge in [0.05, 0.1) is 19.0 Å². The quantitative estimate of drug-likeness (QED) is 0.696. The maximum atomic E-state index is 11.7. The highest BCUT2D eigenvalue weighted by Gasteiger charge is 2.42. The predicted octanol–water partition coefficient (Wildman–Crippen LogP) is 0.394. The monoisotopic (exact) mass is 269 g/mol. The average Bonchev–Trinajstić information content (AvgIpc) is 2.67. The Morgan fingerprint density at radius 1 is 1.19 bits per heavy atom. The Morgan fingerprint density at radius 2 is 1.75 bits per heavy atom. The molecule has 5 nitrogen and oxygen atoms in total. The Hall–Kier alpha value is 0.120. The lowest BCUT2D eigenvalue weighted by Crippen LogP contribution is -2.47. The second-order valence-corrected chi connectivity index (χ2v) is 6.48. The maximum absolute atomic E-state index is 11.7. The third kappa shape index (κ3) is 2.51. The molecule has 0 N–H and O–H groups in total. The van der Waals surface area contributed by atoms with E-state index in [4.69, 9.17) is 21.1 Å². The van der Waals surface area contributed by atoms with Gasteiger partial charge in [-0.1, -0.05) is 0 Å². The number of ether oxygens (including phenoxy) is 2. The lowest BCUT2D eigenvalue weighted by atomic mass is 10.1. The van der Waals surface area contributed by atoms with Crippen LogP contribution in [0.1, 0.15) is 12.8 Å². The number of rotatable bonds is 3. The number of hydrogen-bond donors (Lipinski definition) is 0. The molecular weight excluding hydrogens is 254 g/mol. The molecule has 0 unspecified atom stereocenters. The minimum Gasteiger partial charge on any atom is -0.347 e. The molecule has 0 radical (unpaired) electrons. The van der Waals surface area contributed by atoms with E-state index in [0.717, 1.165) is 0 Å². The van der Waals surface area contributed by atoms with Crippen molar-refractivity contribution < 1.29 is 17.9 Å². The Labute approximate surface area is 101 Å². The van der Waals surface area contributed by atoms with Gasteiger partial charge in [0.25, 0.3) is 0 Å². The number of alkyl halides is 1. The van der Waals surface area contributed by atoms with Crippen molar-refractivity contribution in [1.29, 1.82) is 0 Å². The van der Waals surface area contributed by atoms with Gasteiger partial charge in [-0.2, -0.15) is 0 Å². The summed E-state index contributed by atoms with van der Waals surface area (Å²) in [7, 11) is -3.19. The standard InChI is InChI=1S/C9H16ClNO4S/c10-3-8-16(12,13)11-4-1-9(2-5-11)14-6-7-15-9/h1-8H2. The van der Waals surface area contributed by atoms with Crippen LogP contribution in [0.15, 0.2) is 0 Å². The number of hydrogen-bond acceptors (Lipinski definition) is 4. The van der Waals surface area contributed by atoms with Crippen molar-refractivity contribution in [2.45, 2.75) is 18.6 Å². The molecule has 0 bridgehead atoms. The van der Waals surface area contributed by atoms with Crippen LogP contribution in [0.2, 0.25) is 0 Å². The van der Waals surface area contributed by atoms with Crippen LogP contribution < -0.4 is 0 Å². The summed E-state index contributed by atoms with van der Waals surface area (Å²) < 4.78 is 36.0. The summed E-state index contributed by atoms with van der Waals surface area (Å²) in [6.07, 6.45) is 1.21. The average molecular weight is 270 g/mol. The van der Waals surface area contributed by atoms with Crippen LogP contribution in [0, 0.1) is 0 Å². The van der Waals surface area contributed by atoms with E-state index in [0.29, 0.717) is 39.1 Å². The summed E-state index contributed by atoms with van der Waals surface area (Å²) in [6, 6.07) is 0. The van der Waals surface area contributed by atoms with E-state index in [1.807, 2.05) is 0 Å². The van der Waals surface area contributed by atoms with Gasteiger partial charge in [-0.3, -0.25) is 0 Å². The minimum atomic E-state index is -3.19. The van der Waals surface area contributed by atoms with Crippen molar-refractivity contribution >= 4 is 21.6 Å². The smallest absolute Gasteiger partial charge is 0.215 e. The third-order valence-corrected chi connectivity index (χ3v) is 5.31. The third-order valence-electron chi connectivity index (χ3n) is 3.03. The largest absolute Gasteiger partial charge is 0.347 e. The van der Waals surface area contributed by atoms with Crippen LogP contribution >= 0.6 is 11.6 Å². The van der Waals surface area contributed by atoms with Gasteiger partial charge in [0.15, 0.2) is 5.79 Å². The molecule has 2 aliphatic rings. The van der Waals surface area contributed by atoms with Gasteiger partial charge in [-0.25, -0.2) is 12.7 Å². The zero-order valence-corrected chi connectivity index (χ0v) is 10.6. The first-order valence-electron chi connectivity index (χ1n) is 5.40. The van der Waals surface area contributed by atoms with Gasteiger partial charge in [0.2, 0.25) is 10.0 Å². The number of halogens is 1. The van der Waals surface area contributed by atoms with Crippen molar-refractivity contribution in [3.8, 4) is 0 Å². The van der Waals surface area contributed by atoms with Gasteiger partial charge < -0.3 is 9.47 Å². The summed E-state index contributed by atoms with van der Waals surface area (Å²) in [5, 5.41) is 0. The van der Waals surface area contributed by atoms with Gasteiger partial charge in [0.1, 0.15) is 0 Å². The Morgan fingerprint density at radius 3 is 2.25 bits per heavy atom. The van der Waals surface area contributed by atoms with Crippen molar-refractivity contribution in [2.75, 3.05) is 37.9 Å². The van der Waals surface area contributed by atoms with E-state index in [1.54, 1.807) is 0 Å². The summed E-state index contributed by atoms with van der Waals surface area (Å²) in [5.74, 6) is -0.382. The first-order valence-corrected chi connectivity index (χ1v) is 7.54. The maximum Gasteiger partial charge on any atom is 0.215 e. The van der Waals surface area contributed by atoms with Crippen LogP contribution in [0.3, 0.4) is 0 Å². The fourth-order valence-corrected chi connectivity index (χ4v) is 3.89. The van der Waals surface area contributed by atoms with Crippen LogP contribution in [0.25, 0.3) is 0 Å². The molecule has 2 heterocycles. The van der Waals surface area contributed by atoms with Gasteiger partial charge in [-0.05, 0) is 0 Å². The molecule has 2 rings (SSSR count). The molecule has 2 saturated heterocycles. The first-order chi connectivity index (χ1) is 7.58. The second kappa shape index (κ2) is 4.78. The number of nitrogens with zero attached hydrogens (tertiary/aromatic N) is 1. The normalized spacial score (nSPS) is 26.3. The molecule has 7 heteroatoms. The number of sulfonamides is 1. The molecule has 0 saturated carbocycles. The second-order valence-electron chi connectivity index (χ2n) is 4.01. The van der Waals surface area contributed by atoms with Crippen molar-refractivity contribution in [2.24, 2.45) is 0 Å². The highest BCUT2D eigenvalue weighted by atomic mass is 35.5. The Bertz CT molecular complexity index is 329. The Balaban J connectivity index is 1.94. The minimum absolute atomic E-state index is 0.00324. The zero-order chi connectivity index (χ0) is 11.6. The summed E-state index contributed by atoms with van der Waals surface area (Å²) >= 11 is 5.47. The molecular formula is C9H16ClNO4S. The highest BCUT2D eigenvalue weighted by molar-refractivity contribution is 7.89. The molecule has 2 aliphatic heterocycles. The van der Waals surface area contributed by atoms with E-state index in [2.05, 4.69) is 0 Å². The number of piperidine rings is 1. The molecule has 2 fully saturated rings. The fraction of sp³-hybridized carbons (Fsp3) is 1.00. The molecule has 16 heavy (non-hydrogen) atoms. The molecule has 94 valence electrons. The van der Waals surface area contributed by atoms with Crippen molar-refractivity contribution in [3.05, 3.63) is 0 Å². The van der Waals surface area contributed by atoms with E-state index in [-0.39, 0.29) is 11.6 Å². The van der Waals surface area contributed by atoms with Gasteiger partial charge >= 0.3 is 0 Å². The lowest BCUT2D eigenvalue weighted by molar-refractivity contribution is -0.179. The van der Waals surface area contributed by atoms with Gasteiger partial charge in [0, 0.05) is 31.8 Å². The first kappa shape index (κ1) is 12.6. The SMILES string of the molecule is O=S(=O)(CCCl)N1CCC2(CC1)OCCO2. The fourth-order valence-electron chi connectivity index (χ4n) is 2.12. The molecule has 0 aromatic heterocycles. The summed E-state index contributed by atoms with van der Waals surface area (Å²) in [6.45, 7) is 2.13. The zero-order valence-electron chi connectivity index (χ0n) is 9.02. The van der Waals surface area contributed by atoms with E-state index in [9.17, 15) is 8.42 Å². The van der Waals surface area contributed by atoms with Crippen molar-refractivity contribution in [1.82, 2.24) is 4.31 Å². The lowest BCUT2D eigenvalue weighted by Gasteiger charge is -2.36. The van der Waals surface area contributed by atoms with E-state index in [1.165, 1.54) is 4.31 Å². The molecule has 0 amide bonds. The molecule has 0 atom stereocenters. The Kier molecular flexibility index (Phi) is 3.75. The molecule has 0 aromatic carbocycles. The molecule has 0 aromatic rings. The van der Waals surface area contributed by atoms with Crippen LogP contribution in [-0.2, 0) is 19.5 Å². The van der Waals surface area contributed by atoms with Crippen LogP contribution in [0.5, 0.6) is 0 Å². The summed E-state index contributed by atoms with van der Waals surface area (Å²) in [5.41, 5.74) is 0. The van der Waals surface area contributed by atoms with Crippen LogP contribution in [0.4, 0.5) is 0 Å². The van der Waals surface area contributed by atoms with Gasteiger partial charge in [-0.15, -0.1) is 11.6 Å². The predicted molar refractivity (Wildman–Crippen MR) is 59.9 cm³/mol. The summed E-state index contributed by atoms with van der Waals surface area (Å²) in [4.78, 5) is 0. The van der Waals surface area contributed by atoms with Crippen molar-refractivity contribution in [3.63, 3.8) is 0 Å². The molecule has 1 spiro atoms. The molecule has 0 aliphatic carbocycles. The van der Waals surface area contributed by atoms with E-state index >= 15 is 0 Å².